The number of carbonyl (C=O) groups is 3. The number of hydrogen-bond acceptors (Lipinski definition) is 4. The number of rotatable bonds is 10. The molecular formula is C46H68FNO5. The molecule has 10 atom stereocenters. The fourth-order valence-corrected chi connectivity index (χ4v) is 14.3. The van der Waals surface area contributed by atoms with Gasteiger partial charge in [-0.25, -0.2) is 4.39 Å². The molecular weight excluding hydrogens is 666 g/mol. The summed E-state index contributed by atoms with van der Waals surface area (Å²) in [4.78, 5) is 38.4. The molecule has 0 aliphatic heterocycles. The van der Waals surface area contributed by atoms with Crippen molar-refractivity contribution in [2.75, 3.05) is 0 Å². The molecule has 1 aromatic carbocycles. The van der Waals surface area contributed by atoms with E-state index in [1.807, 2.05) is 19.9 Å². The number of allylic oxidation sites excluding steroid dienone is 1. The third kappa shape index (κ3) is 6.70. The minimum absolute atomic E-state index is 0.0416. The van der Waals surface area contributed by atoms with Gasteiger partial charge in [0.05, 0.1) is 12.8 Å². The van der Waals surface area contributed by atoms with Crippen LogP contribution in [0.2, 0.25) is 0 Å². The molecule has 0 heterocycles. The Balaban J connectivity index is 1.21. The highest BCUT2D eigenvalue weighted by Crippen LogP contribution is 2.78. The maximum absolute atomic E-state index is 14.8. The van der Waals surface area contributed by atoms with Gasteiger partial charge in [0.15, 0.2) is 0 Å². The molecule has 7 heteroatoms. The number of fused-ring (bicyclic) bond motifs is 7. The molecule has 1 aromatic rings. The molecule has 0 bridgehead atoms. The Morgan fingerprint density at radius 2 is 1.64 bits per heavy atom. The highest BCUT2D eigenvalue weighted by molar-refractivity contribution is 5.77. The number of carboxylic acid groups (broad SMARTS) is 1. The maximum Gasteiger partial charge on any atom is 0.306 e. The zero-order valence-electron chi connectivity index (χ0n) is 34.3. The van der Waals surface area contributed by atoms with E-state index >= 15 is 0 Å². The first-order chi connectivity index (χ1) is 24.6. The van der Waals surface area contributed by atoms with Crippen LogP contribution in [-0.4, -0.2) is 29.1 Å². The lowest BCUT2D eigenvalue weighted by Gasteiger charge is -2.73. The minimum Gasteiger partial charge on any atom is -0.481 e. The van der Waals surface area contributed by atoms with Crippen molar-refractivity contribution in [2.45, 2.75) is 158 Å². The first-order valence-electron chi connectivity index (χ1n) is 20.7. The van der Waals surface area contributed by atoms with Crippen LogP contribution in [0.15, 0.2) is 30.4 Å². The predicted molar refractivity (Wildman–Crippen MR) is 207 cm³/mol. The number of carbonyl (C=O) groups excluding carboxylic acids is 2. The van der Waals surface area contributed by atoms with Gasteiger partial charge in [-0.1, -0.05) is 78.8 Å². The van der Waals surface area contributed by atoms with Crippen molar-refractivity contribution in [2.24, 2.45) is 62.1 Å². The van der Waals surface area contributed by atoms with Crippen molar-refractivity contribution < 1.29 is 28.6 Å². The Labute approximate surface area is 318 Å². The number of aliphatic carboxylic acids is 1. The molecule has 53 heavy (non-hydrogen) atoms. The van der Waals surface area contributed by atoms with E-state index in [1.54, 1.807) is 19.1 Å². The van der Waals surface area contributed by atoms with Crippen LogP contribution in [0.3, 0.4) is 0 Å². The van der Waals surface area contributed by atoms with Crippen LogP contribution in [-0.2, 0) is 25.7 Å². The molecule has 6 nitrogen and oxygen atoms in total. The van der Waals surface area contributed by atoms with Gasteiger partial charge in [0.1, 0.15) is 11.9 Å². The van der Waals surface area contributed by atoms with Crippen molar-refractivity contribution in [1.29, 1.82) is 0 Å². The number of nitrogens with one attached hydrogen (secondary N) is 1. The van der Waals surface area contributed by atoms with Crippen LogP contribution in [0, 0.1) is 74.8 Å². The molecule has 5 aliphatic rings. The second-order valence-electron chi connectivity index (χ2n) is 20.8. The standard InChI is InChI=1S/C46H68FNO5/c1-28(2)31-16-21-46(24-36(49)48-27-30-13-11-12-29(3)40(30)47)23-22-44(9)32(39(31)46)14-15-34-43(8)19-18-35(42(6,7)33(43)17-20-45(34,44)10)53-38(52)26-41(4,5)25-37(50)51/h11-13,31-35,39H,1,14-27H2,2-10H3,(H,48,49)(H,50,51)/t31-,32+,33-,34+,35-,39+,43-,44+,45+,46+/m0/s1. The van der Waals surface area contributed by atoms with Crippen LogP contribution in [0.4, 0.5) is 4.39 Å². The Morgan fingerprint density at radius 1 is 0.925 bits per heavy atom. The molecule has 0 unspecified atom stereocenters. The molecule has 5 fully saturated rings. The third-order valence-electron chi connectivity index (χ3n) is 17.0. The van der Waals surface area contributed by atoms with Gasteiger partial charge in [-0.05, 0) is 140 Å². The van der Waals surface area contributed by atoms with Crippen molar-refractivity contribution in [1.82, 2.24) is 5.32 Å². The van der Waals surface area contributed by atoms with Crippen LogP contribution in [0.1, 0.15) is 150 Å². The number of halogens is 1. The number of benzene rings is 1. The molecule has 0 aromatic heterocycles. The highest BCUT2D eigenvalue weighted by Gasteiger charge is 2.71. The molecule has 0 radical (unpaired) electrons. The second-order valence-corrected chi connectivity index (χ2v) is 20.8. The van der Waals surface area contributed by atoms with Gasteiger partial charge < -0.3 is 15.2 Å². The van der Waals surface area contributed by atoms with Gasteiger partial charge in [0.2, 0.25) is 5.91 Å². The maximum atomic E-state index is 14.8. The topological polar surface area (TPSA) is 92.7 Å². The van der Waals surface area contributed by atoms with Crippen molar-refractivity contribution in [3.05, 3.63) is 47.3 Å². The lowest BCUT2D eigenvalue weighted by Crippen LogP contribution is -2.67. The van der Waals surface area contributed by atoms with Gasteiger partial charge in [-0.2, -0.15) is 0 Å². The number of amides is 1. The van der Waals surface area contributed by atoms with E-state index < -0.39 is 11.4 Å². The van der Waals surface area contributed by atoms with Gasteiger partial charge in [0.25, 0.3) is 0 Å². The van der Waals surface area contributed by atoms with Crippen LogP contribution in [0.5, 0.6) is 0 Å². The summed E-state index contributed by atoms with van der Waals surface area (Å²) in [6.45, 7) is 24.8. The lowest BCUT2D eigenvalue weighted by atomic mass is 9.32. The van der Waals surface area contributed by atoms with E-state index in [0.29, 0.717) is 47.1 Å². The summed E-state index contributed by atoms with van der Waals surface area (Å²) >= 11 is 0. The summed E-state index contributed by atoms with van der Waals surface area (Å²) < 4.78 is 21.1. The number of hydrogen-bond donors (Lipinski definition) is 2. The van der Waals surface area contributed by atoms with E-state index in [2.05, 4.69) is 53.4 Å². The summed E-state index contributed by atoms with van der Waals surface area (Å²) in [5.74, 6) is 0.966. The summed E-state index contributed by atoms with van der Waals surface area (Å²) in [6.07, 6.45) is 11.2. The van der Waals surface area contributed by atoms with E-state index in [0.717, 1.165) is 51.4 Å². The van der Waals surface area contributed by atoms with E-state index in [9.17, 15) is 23.9 Å². The fourth-order valence-electron chi connectivity index (χ4n) is 14.3. The van der Waals surface area contributed by atoms with Gasteiger partial charge >= 0.3 is 11.9 Å². The zero-order chi connectivity index (χ0) is 38.9. The molecule has 294 valence electrons. The summed E-state index contributed by atoms with van der Waals surface area (Å²) in [7, 11) is 0. The average Bonchev–Trinajstić information content (AvgIpc) is 3.42. The van der Waals surface area contributed by atoms with Crippen molar-refractivity contribution in [3.63, 3.8) is 0 Å². The molecule has 6 rings (SSSR count). The number of esters is 1. The van der Waals surface area contributed by atoms with Crippen LogP contribution in [0.25, 0.3) is 0 Å². The first-order valence-corrected chi connectivity index (χ1v) is 20.7. The Hall–Kier alpha value is -2.70. The van der Waals surface area contributed by atoms with Crippen LogP contribution >= 0.6 is 0 Å². The lowest BCUT2D eigenvalue weighted by molar-refractivity contribution is -0.250. The molecule has 5 aliphatic carbocycles. The summed E-state index contributed by atoms with van der Waals surface area (Å²) in [6, 6.07) is 5.38. The Bertz CT molecular complexity index is 1630. The van der Waals surface area contributed by atoms with E-state index in [-0.39, 0.29) is 70.3 Å². The first kappa shape index (κ1) is 40.0. The van der Waals surface area contributed by atoms with E-state index in [4.69, 9.17) is 4.74 Å². The number of ether oxygens (including phenoxy) is 1. The van der Waals surface area contributed by atoms with Crippen LogP contribution < -0.4 is 5.32 Å². The highest BCUT2D eigenvalue weighted by atomic mass is 19.1. The van der Waals surface area contributed by atoms with E-state index in [1.165, 1.54) is 18.4 Å². The summed E-state index contributed by atoms with van der Waals surface area (Å²) in [5.41, 5.74) is 1.92. The largest absolute Gasteiger partial charge is 0.481 e. The summed E-state index contributed by atoms with van der Waals surface area (Å²) in [5, 5.41) is 12.5. The Kier molecular flexibility index (Phi) is 10.4. The smallest absolute Gasteiger partial charge is 0.306 e. The molecule has 5 saturated carbocycles. The van der Waals surface area contributed by atoms with Gasteiger partial charge in [-0.15, -0.1) is 0 Å². The SMILES string of the molecule is C=C(C)[C@@H]1CC[C@]2(CC(=O)NCc3cccc(C)c3F)CC[C@]3(C)[C@H](CC[C@@H]4[C@@]5(C)CC[C@H](OC(=O)CC(C)(C)CC(=O)O)C(C)(C)[C@@H]5CC[C@]43C)[C@@H]12. The van der Waals surface area contributed by atoms with Crippen molar-refractivity contribution in [3.8, 4) is 0 Å². The molecule has 2 N–H and O–H groups in total. The molecule has 0 spiro atoms. The quantitative estimate of drug-likeness (QED) is 0.184. The third-order valence-corrected chi connectivity index (χ3v) is 17.0. The number of aryl methyl sites for hydroxylation is 1. The van der Waals surface area contributed by atoms with Gasteiger partial charge in [-0.3, -0.25) is 14.4 Å². The predicted octanol–water partition coefficient (Wildman–Crippen LogP) is 10.6. The van der Waals surface area contributed by atoms with Gasteiger partial charge in [0, 0.05) is 23.9 Å². The number of carboxylic acids is 1. The normalized spacial score (nSPS) is 38.8. The minimum atomic E-state index is -0.894. The molecule has 1 amide bonds. The Morgan fingerprint density at radius 3 is 2.32 bits per heavy atom. The molecule has 0 saturated heterocycles. The average molecular weight is 734 g/mol. The second kappa shape index (κ2) is 13.8. The van der Waals surface area contributed by atoms with Crippen molar-refractivity contribution >= 4 is 17.8 Å². The fraction of sp³-hybridized carbons (Fsp3) is 0.761. The zero-order valence-corrected chi connectivity index (χ0v) is 34.3. The monoisotopic (exact) mass is 734 g/mol.